The number of amides is 1. The molecule has 0 bridgehead atoms. The van der Waals surface area contributed by atoms with Gasteiger partial charge in [-0.1, -0.05) is 43.7 Å². The van der Waals surface area contributed by atoms with Gasteiger partial charge >= 0.3 is 0 Å². The minimum atomic E-state index is -0.920. The van der Waals surface area contributed by atoms with Gasteiger partial charge in [0.05, 0.1) is 0 Å². The predicted molar refractivity (Wildman–Crippen MR) is 84.8 cm³/mol. The number of hydrogen-bond donors (Lipinski definition) is 1. The number of carbonyl (C=O) groups is 1. The summed E-state index contributed by atoms with van der Waals surface area (Å²) < 4.78 is 0. The molecule has 2 N–H and O–H groups in total. The van der Waals surface area contributed by atoms with Crippen molar-refractivity contribution in [1.29, 1.82) is 0 Å². The second-order valence-electron chi connectivity index (χ2n) is 5.74. The molecule has 2 unspecified atom stereocenters. The molecule has 1 aliphatic heterocycles. The van der Waals surface area contributed by atoms with Crippen LogP contribution in [0.15, 0.2) is 30.3 Å². The molecule has 3 nitrogen and oxygen atoms in total. The van der Waals surface area contributed by atoms with Gasteiger partial charge in [0.15, 0.2) is 0 Å². The molecule has 0 aromatic heterocycles. The van der Waals surface area contributed by atoms with Crippen molar-refractivity contribution >= 4 is 18.3 Å². The number of likely N-dealkylation sites (tertiary alicyclic amines) is 1. The SMILES string of the molecule is CCC1CCCN(C(=O)C(C)(N)c2ccccc2)C1.Cl. The van der Waals surface area contributed by atoms with Crippen LogP contribution < -0.4 is 5.73 Å². The van der Waals surface area contributed by atoms with Crippen molar-refractivity contribution in [2.24, 2.45) is 11.7 Å². The van der Waals surface area contributed by atoms with Gasteiger partial charge in [0, 0.05) is 13.1 Å². The minimum Gasteiger partial charge on any atom is -0.341 e. The lowest BCUT2D eigenvalue weighted by atomic mass is 9.89. The van der Waals surface area contributed by atoms with Crippen LogP contribution in [0.1, 0.15) is 38.7 Å². The molecule has 1 saturated heterocycles. The highest BCUT2D eigenvalue weighted by Gasteiger charge is 2.36. The Kier molecular flexibility index (Phi) is 6.03. The van der Waals surface area contributed by atoms with Crippen LogP contribution in [0.4, 0.5) is 0 Å². The smallest absolute Gasteiger partial charge is 0.246 e. The summed E-state index contributed by atoms with van der Waals surface area (Å²) in [5.74, 6) is 0.682. The monoisotopic (exact) mass is 296 g/mol. The van der Waals surface area contributed by atoms with Gasteiger partial charge in [0.1, 0.15) is 5.54 Å². The number of halogens is 1. The highest BCUT2D eigenvalue weighted by atomic mass is 35.5. The van der Waals surface area contributed by atoms with E-state index in [-0.39, 0.29) is 18.3 Å². The van der Waals surface area contributed by atoms with Gasteiger partial charge in [0.25, 0.3) is 0 Å². The molecule has 1 amide bonds. The molecule has 4 heteroatoms. The van der Waals surface area contributed by atoms with E-state index in [2.05, 4.69) is 6.92 Å². The summed E-state index contributed by atoms with van der Waals surface area (Å²) in [4.78, 5) is 14.6. The second-order valence-corrected chi connectivity index (χ2v) is 5.74. The van der Waals surface area contributed by atoms with Crippen LogP contribution in [-0.2, 0) is 10.3 Å². The Hall–Kier alpha value is -1.06. The number of nitrogens with two attached hydrogens (primary N) is 1. The third-order valence-electron chi connectivity index (χ3n) is 4.20. The zero-order valence-corrected chi connectivity index (χ0v) is 13.2. The fourth-order valence-corrected chi connectivity index (χ4v) is 2.82. The highest BCUT2D eigenvalue weighted by molar-refractivity contribution is 5.87. The molecule has 20 heavy (non-hydrogen) atoms. The second kappa shape index (κ2) is 7.09. The van der Waals surface area contributed by atoms with Crippen molar-refractivity contribution in [3.8, 4) is 0 Å². The number of nitrogens with zero attached hydrogens (tertiary/aromatic N) is 1. The molecule has 1 aromatic rings. The van der Waals surface area contributed by atoms with Crippen LogP contribution >= 0.6 is 12.4 Å². The van der Waals surface area contributed by atoms with Crippen molar-refractivity contribution < 1.29 is 4.79 Å². The maximum Gasteiger partial charge on any atom is 0.246 e. The fraction of sp³-hybridized carbons (Fsp3) is 0.562. The lowest BCUT2D eigenvalue weighted by molar-refractivity contribution is -0.138. The van der Waals surface area contributed by atoms with Gasteiger partial charge in [-0.25, -0.2) is 0 Å². The van der Waals surface area contributed by atoms with E-state index in [0.717, 1.165) is 31.5 Å². The molecule has 0 radical (unpaired) electrons. The largest absolute Gasteiger partial charge is 0.341 e. The Morgan fingerprint density at radius 1 is 1.40 bits per heavy atom. The van der Waals surface area contributed by atoms with Crippen molar-refractivity contribution in [2.45, 2.75) is 38.6 Å². The molecule has 1 aromatic carbocycles. The van der Waals surface area contributed by atoms with E-state index >= 15 is 0 Å². The molecular weight excluding hydrogens is 272 g/mol. The molecular formula is C16H25ClN2O. The molecule has 0 aliphatic carbocycles. The number of hydrogen-bond acceptors (Lipinski definition) is 2. The average Bonchev–Trinajstić information content (AvgIpc) is 2.47. The Bertz CT molecular complexity index is 433. The lowest BCUT2D eigenvalue weighted by Gasteiger charge is -2.37. The molecule has 2 rings (SSSR count). The van der Waals surface area contributed by atoms with E-state index in [0.29, 0.717) is 5.92 Å². The fourth-order valence-electron chi connectivity index (χ4n) is 2.82. The van der Waals surface area contributed by atoms with Crippen LogP contribution in [0.2, 0.25) is 0 Å². The van der Waals surface area contributed by atoms with E-state index in [1.54, 1.807) is 0 Å². The molecule has 1 aliphatic rings. The van der Waals surface area contributed by atoms with Crippen molar-refractivity contribution in [3.63, 3.8) is 0 Å². The molecule has 112 valence electrons. The number of carbonyl (C=O) groups excluding carboxylic acids is 1. The standard InChI is InChI=1S/C16H24N2O.ClH/c1-3-13-8-7-11-18(12-13)15(19)16(2,17)14-9-5-4-6-10-14;/h4-6,9-10,13H,3,7-8,11-12,17H2,1-2H3;1H. The van der Waals surface area contributed by atoms with Crippen LogP contribution in [0.3, 0.4) is 0 Å². The summed E-state index contributed by atoms with van der Waals surface area (Å²) in [6.07, 6.45) is 3.46. The summed E-state index contributed by atoms with van der Waals surface area (Å²) in [6, 6.07) is 9.66. The van der Waals surface area contributed by atoms with Crippen molar-refractivity contribution in [2.75, 3.05) is 13.1 Å². The Balaban J connectivity index is 0.00000200. The summed E-state index contributed by atoms with van der Waals surface area (Å²) in [5, 5.41) is 0. The zero-order chi connectivity index (χ0) is 13.9. The normalized spacial score (nSPS) is 21.8. The van der Waals surface area contributed by atoms with Crippen LogP contribution in [0.5, 0.6) is 0 Å². The summed E-state index contributed by atoms with van der Waals surface area (Å²) in [5.41, 5.74) is 6.28. The Morgan fingerprint density at radius 2 is 2.05 bits per heavy atom. The third kappa shape index (κ3) is 3.53. The summed E-state index contributed by atoms with van der Waals surface area (Å²) in [7, 11) is 0. The molecule has 1 fully saturated rings. The van der Waals surface area contributed by atoms with E-state index in [9.17, 15) is 4.79 Å². The first-order valence-corrected chi connectivity index (χ1v) is 7.19. The molecule has 0 saturated carbocycles. The minimum absolute atomic E-state index is 0. The number of benzene rings is 1. The summed E-state index contributed by atoms with van der Waals surface area (Å²) in [6.45, 7) is 5.71. The van der Waals surface area contributed by atoms with Crippen LogP contribution in [0.25, 0.3) is 0 Å². The number of piperidine rings is 1. The van der Waals surface area contributed by atoms with Gasteiger partial charge in [0.2, 0.25) is 5.91 Å². The quantitative estimate of drug-likeness (QED) is 0.932. The van der Waals surface area contributed by atoms with Gasteiger partial charge < -0.3 is 10.6 Å². The van der Waals surface area contributed by atoms with Crippen molar-refractivity contribution in [1.82, 2.24) is 4.90 Å². The average molecular weight is 297 g/mol. The van der Waals surface area contributed by atoms with E-state index in [4.69, 9.17) is 5.73 Å². The topological polar surface area (TPSA) is 46.3 Å². The molecule has 1 heterocycles. The van der Waals surface area contributed by atoms with Crippen LogP contribution in [0, 0.1) is 5.92 Å². The van der Waals surface area contributed by atoms with Gasteiger partial charge in [-0.3, -0.25) is 4.79 Å². The first kappa shape index (κ1) is 17.0. The molecule has 0 spiro atoms. The third-order valence-corrected chi connectivity index (χ3v) is 4.20. The van der Waals surface area contributed by atoms with E-state index in [1.807, 2.05) is 42.2 Å². The first-order chi connectivity index (χ1) is 9.05. The summed E-state index contributed by atoms with van der Waals surface area (Å²) >= 11 is 0. The van der Waals surface area contributed by atoms with Gasteiger partial charge in [-0.2, -0.15) is 0 Å². The first-order valence-electron chi connectivity index (χ1n) is 7.19. The Morgan fingerprint density at radius 3 is 2.65 bits per heavy atom. The molecule has 2 atom stereocenters. The lowest BCUT2D eigenvalue weighted by Crippen LogP contribution is -2.53. The van der Waals surface area contributed by atoms with Crippen LogP contribution in [-0.4, -0.2) is 23.9 Å². The van der Waals surface area contributed by atoms with E-state index < -0.39 is 5.54 Å². The van der Waals surface area contributed by atoms with E-state index in [1.165, 1.54) is 6.42 Å². The Labute approximate surface area is 127 Å². The predicted octanol–water partition coefficient (Wildman–Crippen LogP) is 2.93. The van der Waals surface area contributed by atoms with Gasteiger partial charge in [-0.05, 0) is 31.2 Å². The van der Waals surface area contributed by atoms with Crippen molar-refractivity contribution in [3.05, 3.63) is 35.9 Å². The zero-order valence-electron chi connectivity index (χ0n) is 12.3. The maximum atomic E-state index is 12.7. The van der Waals surface area contributed by atoms with Gasteiger partial charge in [-0.15, -0.1) is 12.4 Å². The maximum absolute atomic E-state index is 12.7. The highest BCUT2D eigenvalue weighted by Crippen LogP contribution is 2.25. The number of rotatable bonds is 3.